The molecule has 1 aliphatic rings. The van der Waals surface area contributed by atoms with E-state index < -0.39 is 0 Å². The SMILES string of the molecule is Nc1ccc(CCN(CCO)CC2CC2CNC(=O)c2cc3ccccc3[nH]2)cn1. The first-order valence-electron chi connectivity index (χ1n) is 10.5. The fourth-order valence-electron chi connectivity index (χ4n) is 3.94. The summed E-state index contributed by atoms with van der Waals surface area (Å²) in [5.41, 5.74) is 8.36. The number of aromatic amines is 1. The zero-order chi connectivity index (χ0) is 20.9. The molecule has 3 aromatic rings. The summed E-state index contributed by atoms with van der Waals surface area (Å²) in [6.07, 6.45) is 3.80. The number of aliphatic hydroxyl groups excluding tert-OH is 1. The minimum Gasteiger partial charge on any atom is -0.395 e. The van der Waals surface area contributed by atoms with E-state index in [-0.39, 0.29) is 12.5 Å². The Morgan fingerprint density at radius 3 is 2.87 bits per heavy atom. The number of rotatable bonds is 10. The number of pyridine rings is 1. The van der Waals surface area contributed by atoms with Crippen molar-refractivity contribution in [1.82, 2.24) is 20.2 Å². The number of para-hydroxylation sites is 1. The lowest BCUT2D eigenvalue weighted by molar-refractivity contribution is 0.0946. The maximum Gasteiger partial charge on any atom is 0.267 e. The molecule has 0 bridgehead atoms. The number of aromatic nitrogens is 2. The molecule has 1 aliphatic carbocycles. The van der Waals surface area contributed by atoms with Crippen molar-refractivity contribution in [2.75, 3.05) is 38.5 Å². The lowest BCUT2D eigenvalue weighted by Gasteiger charge is -2.21. The number of nitrogens with one attached hydrogen (secondary N) is 2. The number of carbonyl (C=O) groups is 1. The molecule has 0 saturated heterocycles. The summed E-state index contributed by atoms with van der Waals surface area (Å²) in [4.78, 5) is 22.1. The predicted molar refractivity (Wildman–Crippen MR) is 118 cm³/mol. The van der Waals surface area contributed by atoms with Crippen molar-refractivity contribution in [3.63, 3.8) is 0 Å². The van der Waals surface area contributed by atoms with Crippen LogP contribution in [0, 0.1) is 11.8 Å². The van der Waals surface area contributed by atoms with Gasteiger partial charge in [0, 0.05) is 43.3 Å². The predicted octanol–water partition coefficient (Wildman–Crippen LogP) is 2.05. The van der Waals surface area contributed by atoms with E-state index in [4.69, 9.17) is 5.73 Å². The molecule has 2 aromatic heterocycles. The van der Waals surface area contributed by atoms with Crippen LogP contribution in [-0.2, 0) is 6.42 Å². The standard InChI is InChI=1S/C23H29N5O2/c24-22-6-5-16(13-25-22)7-8-28(9-10-29)15-19-11-18(19)14-26-23(30)21-12-17-3-1-2-4-20(17)27-21/h1-6,12-13,18-19,27,29H,7-11,14-15H2,(H2,24,25)(H,26,30). The van der Waals surface area contributed by atoms with Gasteiger partial charge in [0.25, 0.3) is 5.91 Å². The number of anilines is 1. The van der Waals surface area contributed by atoms with Crippen molar-refractivity contribution in [3.05, 3.63) is 59.9 Å². The average Bonchev–Trinajstić information content (AvgIpc) is 3.34. The first kappa shape index (κ1) is 20.4. The second-order valence-corrected chi connectivity index (χ2v) is 8.10. The number of aliphatic hydroxyl groups is 1. The molecule has 1 saturated carbocycles. The average molecular weight is 408 g/mol. The molecule has 7 heteroatoms. The summed E-state index contributed by atoms with van der Waals surface area (Å²) in [6, 6.07) is 13.6. The molecule has 2 heterocycles. The highest BCUT2D eigenvalue weighted by molar-refractivity contribution is 5.97. The maximum atomic E-state index is 12.5. The van der Waals surface area contributed by atoms with Crippen LogP contribution >= 0.6 is 0 Å². The minimum absolute atomic E-state index is 0.0556. The summed E-state index contributed by atoms with van der Waals surface area (Å²) in [7, 11) is 0. The fraction of sp³-hybridized carbons (Fsp3) is 0.391. The number of hydrogen-bond acceptors (Lipinski definition) is 5. The number of fused-ring (bicyclic) bond motifs is 1. The Morgan fingerprint density at radius 1 is 1.23 bits per heavy atom. The third-order valence-corrected chi connectivity index (χ3v) is 5.84. The summed E-state index contributed by atoms with van der Waals surface area (Å²) in [5.74, 6) is 1.53. The van der Waals surface area contributed by atoms with E-state index in [9.17, 15) is 9.90 Å². The molecule has 1 fully saturated rings. The molecule has 1 amide bonds. The van der Waals surface area contributed by atoms with Crippen LogP contribution in [0.25, 0.3) is 10.9 Å². The molecule has 0 spiro atoms. The minimum atomic E-state index is -0.0556. The van der Waals surface area contributed by atoms with Gasteiger partial charge in [0.15, 0.2) is 0 Å². The molecule has 4 rings (SSSR count). The Morgan fingerprint density at radius 2 is 2.10 bits per heavy atom. The van der Waals surface area contributed by atoms with Crippen LogP contribution < -0.4 is 11.1 Å². The molecule has 0 aliphatic heterocycles. The molecular weight excluding hydrogens is 378 g/mol. The Hall–Kier alpha value is -2.90. The molecule has 5 N–H and O–H groups in total. The van der Waals surface area contributed by atoms with Gasteiger partial charge in [-0.25, -0.2) is 4.98 Å². The van der Waals surface area contributed by atoms with Gasteiger partial charge < -0.3 is 26.0 Å². The molecule has 158 valence electrons. The van der Waals surface area contributed by atoms with Gasteiger partial charge in [-0.15, -0.1) is 0 Å². The number of amides is 1. The first-order valence-corrected chi connectivity index (χ1v) is 10.5. The fourth-order valence-corrected chi connectivity index (χ4v) is 3.94. The normalized spacial score (nSPS) is 18.1. The van der Waals surface area contributed by atoms with Gasteiger partial charge in [-0.1, -0.05) is 24.3 Å². The molecule has 0 radical (unpaired) electrons. The van der Waals surface area contributed by atoms with Crippen LogP contribution in [0.1, 0.15) is 22.5 Å². The Kier molecular flexibility index (Phi) is 6.30. The van der Waals surface area contributed by atoms with Crippen LogP contribution in [0.3, 0.4) is 0 Å². The van der Waals surface area contributed by atoms with Crippen molar-refractivity contribution < 1.29 is 9.90 Å². The lowest BCUT2D eigenvalue weighted by Crippen LogP contribution is -2.32. The van der Waals surface area contributed by atoms with E-state index >= 15 is 0 Å². The van der Waals surface area contributed by atoms with Crippen molar-refractivity contribution in [1.29, 1.82) is 0 Å². The summed E-state index contributed by atoms with van der Waals surface area (Å²) in [5, 5.41) is 13.5. The zero-order valence-corrected chi connectivity index (χ0v) is 17.1. The van der Waals surface area contributed by atoms with Crippen LogP contribution in [0.2, 0.25) is 0 Å². The van der Waals surface area contributed by atoms with E-state index in [1.54, 1.807) is 0 Å². The van der Waals surface area contributed by atoms with Gasteiger partial charge in [0.1, 0.15) is 11.5 Å². The highest BCUT2D eigenvalue weighted by Crippen LogP contribution is 2.38. The zero-order valence-electron chi connectivity index (χ0n) is 17.1. The summed E-state index contributed by atoms with van der Waals surface area (Å²) < 4.78 is 0. The third-order valence-electron chi connectivity index (χ3n) is 5.84. The van der Waals surface area contributed by atoms with E-state index in [2.05, 4.69) is 20.2 Å². The molecule has 2 atom stereocenters. The second-order valence-electron chi connectivity index (χ2n) is 8.10. The molecule has 1 aromatic carbocycles. The Bertz CT molecular complexity index is 952. The van der Waals surface area contributed by atoms with E-state index in [0.717, 1.165) is 42.4 Å². The number of nitrogens with zero attached hydrogens (tertiary/aromatic N) is 2. The van der Waals surface area contributed by atoms with Gasteiger partial charge in [-0.05, 0) is 48.4 Å². The summed E-state index contributed by atoms with van der Waals surface area (Å²) >= 11 is 0. The smallest absolute Gasteiger partial charge is 0.267 e. The Balaban J connectivity index is 1.22. The van der Waals surface area contributed by atoms with Gasteiger partial charge in [0.05, 0.1) is 6.61 Å². The highest BCUT2D eigenvalue weighted by Gasteiger charge is 2.38. The number of carbonyl (C=O) groups excluding carboxylic acids is 1. The topological polar surface area (TPSA) is 107 Å². The largest absolute Gasteiger partial charge is 0.395 e. The quantitative estimate of drug-likeness (QED) is 0.411. The van der Waals surface area contributed by atoms with Gasteiger partial charge >= 0.3 is 0 Å². The maximum absolute atomic E-state index is 12.5. The van der Waals surface area contributed by atoms with E-state index in [1.807, 2.05) is 48.7 Å². The van der Waals surface area contributed by atoms with E-state index in [0.29, 0.717) is 36.4 Å². The number of nitrogen functional groups attached to an aromatic ring is 1. The van der Waals surface area contributed by atoms with Crippen LogP contribution in [0.15, 0.2) is 48.7 Å². The monoisotopic (exact) mass is 407 g/mol. The second kappa shape index (κ2) is 9.28. The molecular formula is C23H29N5O2. The molecule has 7 nitrogen and oxygen atoms in total. The van der Waals surface area contributed by atoms with Crippen LogP contribution in [0.4, 0.5) is 5.82 Å². The van der Waals surface area contributed by atoms with Crippen molar-refractivity contribution in [2.45, 2.75) is 12.8 Å². The number of nitrogens with two attached hydrogens (primary N) is 1. The van der Waals surface area contributed by atoms with Gasteiger partial charge in [-0.2, -0.15) is 0 Å². The number of benzene rings is 1. The first-order chi connectivity index (χ1) is 14.6. The van der Waals surface area contributed by atoms with Crippen molar-refractivity contribution in [2.24, 2.45) is 11.8 Å². The van der Waals surface area contributed by atoms with Crippen LogP contribution in [-0.4, -0.2) is 58.7 Å². The van der Waals surface area contributed by atoms with Crippen molar-refractivity contribution in [3.8, 4) is 0 Å². The Labute approximate surface area is 176 Å². The van der Waals surface area contributed by atoms with Gasteiger partial charge in [-0.3, -0.25) is 4.79 Å². The third kappa shape index (κ3) is 5.17. The van der Waals surface area contributed by atoms with Gasteiger partial charge in [0.2, 0.25) is 0 Å². The van der Waals surface area contributed by atoms with Crippen molar-refractivity contribution >= 4 is 22.6 Å². The lowest BCUT2D eigenvalue weighted by atomic mass is 10.2. The summed E-state index contributed by atoms with van der Waals surface area (Å²) in [6.45, 7) is 3.31. The van der Waals surface area contributed by atoms with E-state index in [1.165, 1.54) is 0 Å². The molecule has 30 heavy (non-hydrogen) atoms. The molecule has 2 unspecified atom stereocenters. The highest BCUT2D eigenvalue weighted by atomic mass is 16.3. The number of H-pyrrole nitrogens is 1. The van der Waals surface area contributed by atoms with Crippen LogP contribution in [0.5, 0.6) is 0 Å². The number of hydrogen-bond donors (Lipinski definition) is 4.